The molecule has 0 amide bonds. The number of aromatic nitrogens is 1. The van der Waals surface area contributed by atoms with Crippen LogP contribution in [0.3, 0.4) is 0 Å². The zero-order valence-corrected chi connectivity index (χ0v) is 7.80. The lowest BCUT2D eigenvalue weighted by atomic mass is 10.4. The van der Waals surface area contributed by atoms with E-state index in [4.69, 9.17) is 22.1 Å². The Morgan fingerprint density at radius 2 is 2.17 bits per heavy atom. The van der Waals surface area contributed by atoms with Gasteiger partial charge in [-0.25, -0.2) is 0 Å². The molecule has 0 aliphatic carbocycles. The second-order valence-electron chi connectivity index (χ2n) is 2.69. The van der Waals surface area contributed by atoms with Gasteiger partial charge in [0.15, 0.2) is 0 Å². The lowest BCUT2D eigenvalue weighted by molar-refractivity contribution is 0.233. The van der Waals surface area contributed by atoms with Gasteiger partial charge in [0.05, 0.1) is 6.10 Å². The van der Waals surface area contributed by atoms with E-state index in [2.05, 4.69) is 4.98 Å². The number of nitrogen functional groups attached to an aromatic ring is 1. The molecule has 0 aliphatic heterocycles. The summed E-state index contributed by atoms with van der Waals surface area (Å²) in [6, 6.07) is 3.30. The summed E-state index contributed by atoms with van der Waals surface area (Å²) >= 11 is 5.80. The minimum atomic E-state index is 0.0526. The van der Waals surface area contributed by atoms with Gasteiger partial charge in [0.25, 0.3) is 0 Å². The monoisotopic (exact) mass is 186 g/mol. The Hall–Kier alpha value is -0.960. The van der Waals surface area contributed by atoms with E-state index in [0.29, 0.717) is 16.7 Å². The van der Waals surface area contributed by atoms with Gasteiger partial charge < -0.3 is 10.5 Å². The summed E-state index contributed by atoms with van der Waals surface area (Å²) in [6.07, 6.45) is 0.0526. The van der Waals surface area contributed by atoms with Gasteiger partial charge in [0, 0.05) is 0 Å². The third-order valence-corrected chi connectivity index (χ3v) is 1.47. The van der Waals surface area contributed by atoms with E-state index >= 15 is 0 Å². The highest BCUT2D eigenvalue weighted by atomic mass is 35.5. The van der Waals surface area contributed by atoms with Crippen molar-refractivity contribution in [3.63, 3.8) is 0 Å². The zero-order chi connectivity index (χ0) is 9.14. The second kappa shape index (κ2) is 3.63. The van der Waals surface area contributed by atoms with E-state index in [0.717, 1.165) is 0 Å². The smallest absolute Gasteiger partial charge is 0.234 e. The van der Waals surface area contributed by atoms with Crippen LogP contribution in [0.15, 0.2) is 12.1 Å². The number of anilines is 1. The van der Waals surface area contributed by atoms with Gasteiger partial charge in [-0.15, -0.1) is 0 Å². The molecule has 2 N–H and O–H groups in total. The second-order valence-corrected chi connectivity index (χ2v) is 3.10. The zero-order valence-electron chi connectivity index (χ0n) is 7.04. The van der Waals surface area contributed by atoms with Gasteiger partial charge in [-0.2, -0.15) is 4.98 Å². The summed E-state index contributed by atoms with van der Waals surface area (Å²) in [6.45, 7) is 3.81. The SMILES string of the molecule is CC(C)Oc1nc(N)ccc1Cl. The number of rotatable bonds is 2. The van der Waals surface area contributed by atoms with Crippen molar-refractivity contribution in [2.75, 3.05) is 5.73 Å². The molecule has 1 aromatic rings. The number of nitrogens with zero attached hydrogens (tertiary/aromatic N) is 1. The van der Waals surface area contributed by atoms with Crippen molar-refractivity contribution in [2.45, 2.75) is 20.0 Å². The number of nitrogens with two attached hydrogens (primary N) is 1. The fourth-order valence-electron chi connectivity index (χ4n) is 0.744. The van der Waals surface area contributed by atoms with Crippen LogP contribution in [0.5, 0.6) is 5.88 Å². The predicted octanol–water partition coefficient (Wildman–Crippen LogP) is 2.10. The standard InChI is InChI=1S/C8H11ClN2O/c1-5(2)12-8-6(9)3-4-7(10)11-8/h3-5H,1-2H3,(H2,10,11). The molecule has 0 bridgehead atoms. The maximum Gasteiger partial charge on any atom is 0.234 e. The number of hydrogen-bond acceptors (Lipinski definition) is 3. The lowest BCUT2D eigenvalue weighted by Crippen LogP contribution is -2.08. The molecule has 0 radical (unpaired) electrons. The molecule has 1 aromatic heterocycles. The van der Waals surface area contributed by atoms with E-state index in [1.165, 1.54) is 0 Å². The molecule has 0 aromatic carbocycles. The highest BCUT2D eigenvalue weighted by molar-refractivity contribution is 6.31. The third kappa shape index (κ3) is 2.27. The Labute approximate surface area is 76.5 Å². The molecule has 0 aliphatic rings. The van der Waals surface area contributed by atoms with Crippen LogP contribution in [0.2, 0.25) is 5.02 Å². The quantitative estimate of drug-likeness (QED) is 0.770. The van der Waals surface area contributed by atoms with E-state index in [1.54, 1.807) is 12.1 Å². The van der Waals surface area contributed by atoms with Crippen molar-refractivity contribution in [1.82, 2.24) is 4.98 Å². The summed E-state index contributed by atoms with van der Waals surface area (Å²) in [7, 11) is 0. The van der Waals surface area contributed by atoms with Crippen LogP contribution in [0.1, 0.15) is 13.8 Å². The topological polar surface area (TPSA) is 48.1 Å². The van der Waals surface area contributed by atoms with Crippen LogP contribution in [-0.2, 0) is 0 Å². The first-order valence-electron chi connectivity index (χ1n) is 3.68. The molecule has 0 atom stereocenters. The van der Waals surface area contributed by atoms with Crippen LogP contribution in [0, 0.1) is 0 Å². The molecule has 0 fully saturated rings. The van der Waals surface area contributed by atoms with Crippen LogP contribution in [-0.4, -0.2) is 11.1 Å². The largest absolute Gasteiger partial charge is 0.474 e. The fraction of sp³-hybridized carbons (Fsp3) is 0.375. The summed E-state index contributed by atoms with van der Waals surface area (Å²) in [5.74, 6) is 0.807. The van der Waals surface area contributed by atoms with Crippen LogP contribution < -0.4 is 10.5 Å². The number of pyridine rings is 1. The van der Waals surface area contributed by atoms with Crippen molar-refractivity contribution < 1.29 is 4.74 Å². The van der Waals surface area contributed by atoms with Crippen molar-refractivity contribution >= 4 is 17.4 Å². The van der Waals surface area contributed by atoms with E-state index in [1.807, 2.05) is 13.8 Å². The summed E-state index contributed by atoms with van der Waals surface area (Å²) in [5, 5.41) is 0.484. The van der Waals surface area contributed by atoms with E-state index in [-0.39, 0.29) is 6.10 Å². The molecule has 66 valence electrons. The molecule has 0 unspecified atom stereocenters. The molecule has 1 heterocycles. The Bertz CT molecular complexity index is 276. The van der Waals surface area contributed by atoms with Crippen molar-refractivity contribution in [3.05, 3.63) is 17.2 Å². The summed E-state index contributed by atoms with van der Waals surface area (Å²) in [5.41, 5.74) is 5.45. The van der Waals surface area contributed by atoms with Crippen molar-refractivity contribution in [3.8, 4) is 5.88 Å². The van der Waals surface area contributed by atoms with Crippen LogP contribution >= 0.6 is 11.6 Å². The van der Waals surface area contributed by atoms with Gasteiger partial charge >= 0.3 is 0 Å². The molecule has 0 saturated heterocycles. The van der Waals surface area contributed by atoms with Gasteiger partial charge in [-0.1, -0.05) is 11.6 Å². The number of ether oxygens (including phenoxy) is 1. The molecule has 4 heteroatoms. The summed E-state index contributed by atoms with van der Waals surface area (Å²) in [4.78, 5) is 3.94. The average Bonchev–Trinajstić information content (AvgIpc) is 1.96. The highest BCUT2D eigenvalue weighted by Crippen LogP contribution is 2.23. The van der Waals surface area contributed by atoms with E-state index < -0.39 is 0 Å². The van der Waals surface area contributed by atoms with Crippen molar-refractivity contribution in [1.29, 1.82) is 0 Å². The Morgan fingerprint density at radius 1 is 1.50 bits per heavy atom. The predicted molar refractivity (Wildman–Crippen MR) is 49.4 cm³/mol. The molecular formula is C8H11ClN2O. The number of hydrogen-bond donors (Lipinski definition) is 1. The third-order valence-electron chi connectivity index (χ3n) is 1.18. The normalized spacial score (nSPS) is 10.3. The minimum absolute atomic E-state index is 0.0526. The van der Waals surface area contributed by atoms with Crippen molar-refractivity contribution in [2.24, 2.45) is 0 Å². The van der Waals surface area contributed by atoms with Gasteiger partial charge in [-0.05, 0) is 26.0 Å². The number of halogens is 1. The summed E-state index contributed by atoms with van der Waals surface area (Å²) < 4.78 is 5.30. The molecule has 0 saturated carbocycles. The van der Waals surface area contributed by atoms with Gasteiger partial charge in [0.1, 0.15) is 10.8 Å². The maximum atomic E-state index is 5.80. The first kappa shape index (κ1) is 9.13. The first-order valence-corrected chi connectivity index (χ1v) is 4.06. The molecule has 3 nitrogen and oxygen atoms in total. The van der Waals surface area contributed by atoms with E-state index in [9.17, 15) is 0 Å². The average molecular weight is 187 g/mol. The maximum absolute atomic E-state index is 5.80. The molecule has 1 rings (SSSR count). The van der Waals surface area contributed by atoms with Gasteiger partial charge in [0.2, 0.25) is 5.88 Å². The Balaban J connectivity index is 2.90. The van der Waals surface area contributed by atoms with Crippen LogP contribution in [0.25, 0.3) is 0 Å². The molecule has 0 spiro atoms. The highest BCUT2D eigenvalue weighted by Gasteiger charge is 2.04. The minimum Gasteiger partial charge on any atom is -0.474 e. The molecule has 12 heavy (non-hydrogen) atoms. The Morgan fingerprint density at radius 3 is 2.75 bits per heavy atom. The molecular weight excluding hydrogens is 176 g/mol. The van der Waals surface area contributed by atoms with Crippen LogP contribution in [0.4, 0.5) is 5.82 Å². The lowest BCUT2D eigenvalue weighted by Gasteiger charge is -2.09. The van der Waals surface area contributed by atoms with Gasteiger partial charge in [-0.3, -0.25) is 0 Å². The first-order chi connectivity index (χ1) is 5.59. The Kier molecular flexibility index (Phi) is 2.76. The fourth-order valence-corrected chi connectivity index (χ4v) is 0.893.